The molecule has 3 amide bonds. The zero-order valence-electron chi connectivity index (χ0n) is 15.6. The molecular weight excluding hydrogens is 393 g/mol. The van der Waals surface area contributed by atoms with E-state index in [2.05, 4.69) is 21.3 Å². The van der Waals surface area contributed by atoms with Crippen molar-refractivity contribution in [3.05, 3.63) is 0 Å². The quantitative estimate of drug-likeness (QED) is 0.418. The Labute approximate surface area is 163 Å². The number of piperidine rings is 2. The molecule has 10 nitrogen and oxygen atoms in total. The third-order valence-electron chi connectivity index (χ3n) is 6.02. The minimum Gasteiger partial charge on any atom is -0.374 e. The monoisotopic (exact) mass is 419 g/mol. The Bertz CT molecular complexity index is 752. The Morgan fingerprint density at radius 2 is 2.18 bits per heavy atom. The molecule has 0 bridgehead atoms. The van der Waals surface area contributed by atoms with E-state index >= 15 is 0 Å². The first-order valence-electron chi connectivity index (χ1n) is 9.61. The van der Waals surface area contributed by atoms with Gasteiger partial charge in [0.15, 0.2) is 0 Å². The molecule has 4 rings (SSSR count). The lowest BCUT2D eigenvalue weighted by Gasteiger charge is -2.43. The molecule has 0 saturated carbocycles. The first kappa shape index (κ1) is 19.8. The molecule has 0 aliphatic carbocycles. The summed E-state index contributed by atoms with van der Waals surface area (Å²) in [6, 6.07) is -2.20. The number of carbonyl (C=O) groups is 2. The molecule has 0 aromatic rings. The predicted molar refractivity (Wildman–Crippen MR) is 96.8 cm³/mol. The molecule has 158 valence electrons. The molecule has 4 fully saturated rings. The number of halogens is 1. The molecule has 4 aliphatic rings. The predicted octanol–water partition coefficient (Wildman–Crippen LogP) is -1.96. The molecule has 4 aliphatic heterocycles. The maximum Gasteiger partial charge on any atom is 0.331 e. The number of alkyl halides is 1. The number of rotatable bonds is 3. The molecule has 28 heavy (non-hydrogen) atoms. The van der Waals surface area contributed by atoms with Gasteiger partial charge in [0.1, 0.15) is 18.0 Å². The summed E-state index contributed by atoms with van der Waals surface area (Å²) < 4.78 is 45.6. The van der Waals surface area contributed by atoms with Crippen LogP contribution in [0.4, 0.5) is 9.18 Å². The zero-order chi connectivity index (χ0) is 20.1. The molecule has 0 spiro atoms. The van der Waals surface area contributed by atoms with Crippen LogP contribution in [-0.4, -0.2) is 92.6 Å². The molecule has 0 aromatic heterocycles. The lowest BCUT2D eigenvalue weighted by Crippen LogP contribution is -2.70. The molecule has 6 unspecified atom stereocenters. The summed E-state index contributed by atoms with van der Waals surface area (Å²) >= 11 is 0. The Morgan fingerprint density at radius 3 is 2.96 bits per heavy atom. The van der Waals surface area contributed by atoms with Crippen LogP contribution < -0.4 is 21.3 Å². The topological polar surface area (TPSA) is 129 Å². The van der Waals surface area contributed by atoms with Gasteiger partial charge in [0, 0.05) is 19.0 Å². The van der Waals surface area contributed by atoms with Crippen LogP contribution in [0.2, 0.25) is 0 Å². The number of ether oxygens (including phenoxy) is 1. The standard InChI is InChI=1S/C16H26FN5O5S/c1-8-15-10(2-3-18-8)21-16(24)22(28(15,25)26)6-13(23)20-11-7-27-12-4-9(17)5-19-14(11)12/h8-12,14-15,18-19H,2-7H2,1H3,(H,20,23)(H,21,24)/t8?,9?,10?,11-,12?,14?,15?/m0/s1. The number of urea groups is 1. The Hall–Kier alpha value is -1.50. The summed E-state index contributed by atoms with van der Waals surface area (Å²) in [5.41, 5.74) is 0. The third kappa shape index (κ3) is 3.46. The van der Waals surface area contributed by atoms with Crippen LogP contribution in [0.3, 0.4) is 0 Å². The van der Waals surface area contributed by atoms with Crippen molar-refractivity contribution in [1.29, 1.82) is 0 Å². The second kappa shape index (κ2) is 7.39. The van der Waals surface area contributed by atoms with Crippen LogP contribution in [0.15, 0.2) is 0 Å². The summed E-state index contributed by atoms with van der Waals surface area (Å²) in [7, 11) is -3.98. The number of nitrogens with one attached hydrogen (secondary N) is 4. The van der Waals surface area contributed by atoms with Gasteiger partial charge in [-0.1, -0.05) is 0 Å². The highest BCUT2D eigenvalue weighted by Crippen LogP contribution is 2.26. The fourth-order valence-corrected chi connectivity index (χ4v) is 6.77. The van der Waals surface area contributed by atoms with Crippen LogP contribution in [0.25, 0.3) is 0 Å². The number of sulfonamides is 1. The van der Waals surface area contributed by atoms with E-state index in [0.717, 1.165) is 0 Å². The Morgan fingerprint density at radius 1 is 1.39 bits per heavy atom. The Balaban J connectivity index is 1.42. The van der Waals surface area contributed by atoms with Gasteiger partial charge in [0.05, 0.1) is 30.8 Å². The first-order valence-corrected chi connectivity index (χ1v) is 11.1. The van der Waals surface area contributed by atoms with Gasteiger partial charge in [0.2, 0.25) is 15.9 Å². The number of nitrogens with zero attached hydrogens (tertiary/aromatic N) is 1. The normalized spacial score (nSPS) is 42.3. The van der Waals surface area contributed by atoms with Gasteiger partial charge in [0.25, 0.3) is 0 Å². The largest absolute Gasteiger partial charge is 0.374 e. The van der Waals surface area contributed by atoms with E-state index in [1.807, 2.05) is 0 Å². The highest BCUT2D eigenvalue weighted by Gasteiger charge is 2.50. The van der Waals surface area contributed by atoms with Crippen molar-refractivity contribution in [2.45, 2.75) is 61.5 Å². The van der Waals surface area contributed by atoms with Gasteiger partial charge < -0.3 is 26.0 Å². The van der Waals surface area contributed by atoms with E-state index in [1.165, 1.54) is 0 Å². The molecule has 7 atom stereocenters. The fraction of sp³-hybridized carbons (Fsp3) is 0.875. The molecule has 12 heteroatoms. The number of hydrogen-bond donors (Lipinski definition) is 4. The average Bonchev–Trinajstić information content (AvgIpc) is 3.00. The summed E-state index contributed by atoms with van der Waals surface area (Å²) in [6.07, 6.45) is -0.534. The van der Waals surface area contributed by atoms with E-state index in [-0.39, 0.29) is 37.8 Å². The minimum atomic E-state index is -3.98. The van der Waals surface area contributed by atoms with E-state index in [9.17, 15) is 22.4 Å². The van der Waals surface area contributed by atoms with Crippen LogP contribution in [-0.2, 0) is 19.6 Å². The summed E-state index contributed by atoms with van der Waals surface area (Å²) in [5.74, 6) is -0.591. The molecule has 0 aromatic carbocycles. The Kier molecular flexibility index (Phi) is 5.23. The van der Waals surface area contributed by atoms with Crippen LogP contribution in [0, 0.1) is 0 Å². The van der Waals surface area contributed by atoms with E-state index in [0.29, 0.717) is 17.3 Å². The molecule has 4 heterocycles. The minimum absolute atomic E-state index is 0.188. The average molecular weight is 419 g/mol. The van der Waals surface area contributed by atoms with Gasteiger partial charge in [-0.05, 0) is 19.9 Å². The lowest BCUT2D eigenvalue weighted by atomic mass is 9.97. The van der Waals surface area contributed by atoms with Crippen LogP contribution in [0.1, 0.15) is 19.8 Å². The first-order chi connectivity index (χ1) is 13.3. The lowest BCUT2D eigenvalue weighted by molar-refractivity contribution is -0.121. The highest BCUT2D eigenvalue weighted by molar-refractivity contribution is 7.90. The van der Waals surface area contributed by atoms with Gasteiger partial charge in [-0.25, -0.2) is 21.9 Å². The molecular formula is C16H26FN5O5S. The number of carbonyl (C=O) groups excluding carboxylic acids is 2. The summed E-state index contributed by atoms with van der Waals surface area (Å²) in [5, 5.41) is 10.8. The van der Waals surface area contributed by atoms with E-state index < -0.39 is 52.0 Å². The second-order valence-corrected chi connectivity index (χ2v) is 9.93. The number of fused-ring (bicyclic) bond motifs is 2. The van der Waals surface area contributed by atoms with Gasteiger partial charge in [-0.2, -0.15) is 0 Å². The number of hydrogen-bond acceptors (Lipinski definition) is 7. The summed E-state index contributed by atoms with van der Waals surface area (Å²) in [6.45, 7) is 2.19. The smallest absolute Gasteiger partial charge is 0.331 e. The van der Waals surface area contributed by atoms with Crippen molar-refractivity contribution in [1.82, 2.24) is 25.6 Å². The second-order valence-electron chi connectivity index (χ2n) is 7.92. The van der Waals surface area contributed by atoms with Crippen molar-refractivity contribution >= 4 is 22.0 Å². The van der Waals surface area contributed by atoms with Gasteiger partial charge >= 0.3 is 6.03 Å². The molecule has 4 saturated heterocycles. The van der Waals surface area contributed by atoms with E-state index in [4.69, 9.17) is 4.74 Å². The van der Waals surface area contributed by atoms with Gasteiger partial charge in [-0.3, -0.25) is 4.79 Å². The third-order valence-corrected chi connectivity index (χ3v) is 8.35. The molecule has 0 radical (unpaired) electrons. The highest BCUT2D eigenvalue weighted by atomic mass is 32.2. The number of amides is 3. The van der Waals surface area contributed by atoms with Crippen molar-refractivity contribution in [2.24, 2.45) is 0 Å². The van der Waals surface area contributed by atoms with Crippen molar-refractivity contribution < 1.29 is 27.1 Å². The maximum absolute atomic E-state index is 13.5. The summed E-state index contributed by atoms with van der Waals surface area (Å²) in [4.78, 5) is 24.9. The van der Waals surface area contributed by atoms with Crippen molar-refractivity contribution in [3.63, 3.8) is 0 Å². The SMILES string of the molecule is CC1NCCC2NC(=O)N(CC(=O)N[C@H]3COC4CC(F)CNC43)S(=O)(=O)C12. The van der Waals surface area contributed by atoms with Gasteiger partial charge in [-0.15, -0.1) is 0 Å². The fourth-order valence-electron chi connectivity index (χ4n) is 4.67. The van der Waals surface area contributed by atoms with Crippen molar-refractivity contribution in [3.8, 4) is 0 Å². The van der Waals surface area contributed by atoms with Crippen LogP contribution in [0.5, 0.6) is 0 Å². The van der Waals surface area contributed by atoms with Crippen LogP contribution >= 0.6 is 0 Å². The maximum atomic E-state index is 13.5. The van der Waals surface area contributed by atoms with E-state index in [1.54, 1.807) is 6.92 Å². The zero-order valence-corrected chi connectivity index (χ0v) is 16.4. The van der Waals surface area contributed by atoms with Crippen molar-refractivity contribution in [2.75, 3.05) is 26.2 Å². The molecule has 4 N–H and O–H groups in total.